The van der Waals surface area contributed by atoms with Gasteiger partial charge < -0.3 is 10.3 Å². The molecule has 8 heteroatoms. The van der Waals surface area contributed by atoms with Gasteiger partial charge in [0.2, 0.25) is 0 Å². The average molecular weight is 468 g/mol. The number of Topliss-reactive ketones (excluding diaryl/α,β-unsaturated/α-hetero) is 1. The smallest absolute Gasteiger partial charge is 0.257 e. The summed E-state index contributed by atoms with van der Waals surface area (Å²) in [4.78, 5) is 33.6. The van der Waals surface area contributed by atoms with Gasteiger partial charge in [0.1, 0.15) is 11.6 Å². The Labute approximate surface area is 193 Å². The van der Waals surface area contributed by atoms with Crippen molar-refractivity contribution in [2.75, 3.05) is 5.32 Å². The van der Waals surface area contributed by atoms with Crippen LogP contribution >= 0.6 is 23.4 Å². The van der Waals surface area contributed by atoms with E-state index in [2.05, 4.69) is 15.3 Å². The van der Waals surface area contributed by atoms with Gasteiger partial charge in [0.15, 0.2) is 10.9 Å². The van der Waals surface area contributed by atoms with Crippen LogP contribution in [0.4, 0.5) is 10.2 Å². The first-order valence-corrected chi connectivity index (χ1v) is 11.7. The average Bonchev–Trinajstić information content (AvgIpc) is 2.78. The van der Waals surface area contributed by atoms with Crippen molar-refractivity contribution >= 4 is 35.0 Å². The van der Waals surface area contributed by atoms with Crippen molar-refractivity contribution in [3.8, 4) is 0 Å². The molecule has 0 radical (unpaired) electrons. The van der Waals surface area contributed by atoms with E-state index in [-0.39, 0.29) is 17.2 Å². The predicted octanol–water partition coefficient (Wildman–Crippen LogP) is 5.42. The first-order chi connectivity index (χ1) is 15.5. The van der Waals surface area contributed by atoms with Crippen molar-refractivity contribution in [3.05, 3.63) is 97.7 Å². The molecule has 162 valence electrons. The third-order valence-corrected chi connectivity index (χ3v) is 7.05. The summed E-state index contributed by atoms with van der Waals surface area (Å²) in [6.07, 6.45) is 1.88. The number of allylic oxidation sites excluding steroid dienone is 2. The number of rotatable bonds is 4. The van der Waals surface area contributed by atoms with E-state index >= 15 is 0 Å². The van der Waals surface area contributed by atoms with E-state index in [1.165, 1.54) is 23.9 Å². The molecule has 5 nitrogen and oxygen atoms in total. The molecule has 1 atom stereocenters. The number of ketones is 1. The fourth-order valence-electron chi connectivity index (χ4n) is 4.26. The molecule has 5 rings (SSSR count). The van der Waals surface area contributed by atoms with Crippen LogP contribution in [0.1, 0.15) is 41.9 Å². The van der Waals surface area contributed by atoms with Gasteiger partial charge in [-0.15, -0.1) is 0 Å². The normalized spacial score (nSPS) is 17.6. The molecule has 0 fully saturated rings. The quantitative estimate of drug-likeness (QED) is 0.396. The maximum atomic E-state index is 13.6. The van der Waals surface area contributed by atoms with E-state index in [1.807, 2.05) is 24.3 Å². The lowest BCUT2D eigenvalue weighted by atomic mass is 9.76. The number of carbonyl (C=O) groups excluding carboxylic acids is 1. The molecule has 0 saturated carbocycles. The Bertz CT molecular complexity index is 1300. The highest BCUT2D eigenvalue weighted by molar-refractivity contribution is 7.98. The Morgan fingerprint density at radius 3 is 2.66 bits per heavy atom. The summed E-state index contributed by atoms with van der Waals surface area (Å²) in [6.45, 7) is 0. The first-order valence-electron chi connectivity index (χ1n) is 10.3. The minimum atomic E-state index is -0.575. The number of aromatic nitrogens is 2. The second-order valence-corrected chi connectivity index (χ2v) is 9.16. The van der Waals surface area contributed by atoms with Gasteiger partial charge in [0.05, 0.1) is 5.56 Å². The van der Waals surface area contributed by atoms with Crippen molar-refractivity contribution in [1.29, 1.82) is 0 Å². The molecule has 1 aliphatic heterocycles. The van der Waals surface area contributed by atoms with Crippen molar-refractivity contribution in [2.24, 2.45) is 0 Å². The van der Waals surface area contributed by atoms with E-state index in [9.17, 15) is 14.0 Å². The molecule has 2 aromatic carbocycles. The Balaban J connectivity index is 1.56. The van der Waals surface area contributed by atoms with Crippen molar-refractivity contribution in [1.82, 2.24) is 9.97 Å². The Hall–Kier alpha value is -2.90. The Kier molecular flexibility index (Phi) is 5.61. The lowest BCUT2D eigenvalue weighted by Crippen LogP contribution is -2.32. The number of benzene rings is 2. The number of thioether (sulfide) groups is 1. The van der Waals surface area contributed by atoms with Crippen molar-refractivity contribution in [2.45, 2.75) is 36.1 Å². The summed E-state index contributed by atoms with van der Waals surface area (Å²) < 4.78 is 13.6. The molecule has 2 heterocycles. The molecule has 3 aromatic rings. The van der Waals surface area contributed by atoms with Gasteiger partial charge in [-0.2, -0.15) is 0 Å². The number of H-pyrrole nitrogens is 1. The molecule has 2 N–H and O–H groups in total. The number of halogens is 2. The van der Waals surface area contributed by atoms with E-state index < -0.39 is 5.92 Å². The van der Waals surface area contributed by atoms with Gasteiger partial charge in [-0.25, -0.2) is 9.37 Å². The van der Waals surface area contributed by atoms with Crippen LogP contribution in [0.15, 0.2) is 69.8 Å². The zero-order chi connectivity index (χ0) is 22.2. The van der Waals surface area contributed by atoms with Crippen LogP contribution in [0, 0.1) is 5.82 Å². The molecule has 1 aliphatic carbocycles. The molecular weight excluding hydrogens is 449 g/mol. The van der Waals surface area contributed by atoms with Crippen LogP contribution in [0.5, 0.6) is 0 Å². The largest absolute Gasteiger partial charge is 0.343 e. The number of hydrogen-bond donors (Lipinski definition) is 2. The summed E-state index contributed by atoms with van der Waals surface area (Å²) in [5.41, 5.74) is 3.08. The monoisotopic (exact) mass is 467 g/mol. The van der Waals surface area contributed by atoms with Crippen LogP contribution in [0.3, 0.4) is 0 Å². The van der Waals surface area contributed by atoms with Crippen LogP contribution in [0.25, 0.3) is 0 Å². The minimum Gasteiger partial charge on any atom is -0.343 e. The highest BCUT2D eigenvalue weighted by Gasteiger charge is 2.37. The number of carbonyl (C=O) groups is 1. The number of hydrogen-bond acceptors (Lipinski definition) is 5. The second-order valence-electron chi connectivity index (χ2n) is 7.79. The summed E-state index contributed by atoms with van der Waals surface area (Å²) in [5, 5.41) is 4.37. The third-order valence-electron chi connectivity index (χ3n) is 5.76. The molecule has 0 saturated heterocycles. The molecule has 32 heavy (non-hydrogen) atoms. The molecule has 0 spiro atoms. The second kappa shape index (κ2) is 8.56. The van der Waals surface area contributed by atoms with E-state index in [4.69, 9.17) is 11.6 Å². The predicted molar refractivity (Wildman–Crippen MR) is 124 cm³/mol. The number of nitrogens with zero attached hydrogens (tertiary/aromatic N) is 1. The molecule has 1 aromatic heterocycles. The fraction of sp³-hybridized carbons (Fsp3) is 0.208. The zero-order valence-electron chi connectivity index (χ0n) is 17.0. The van der Waals surface area contributed by atoms with Crippen LogP contribution in [-0.4, -0.2) is 15.8 Å². The molecular formula is C24H19ClFN3O2S. The van der Waals surface area contributed by atoms with Gasteiger partial charge >= 0.3 is 0 Å². The molecule has 0 bridgehead atoms. The van der Waals surface area contributed by atoms with Gasteiger partial charge in [0.25, 0.3) is 5.56 Å². The summed E-state index contributed by atoms with van der Waals surface area (Å²) >= 11 is 7.62. The number of aromatic amines is 1. The third kappa shape index (κ3) is 3.87. The maximum Gasteiger partial charge on any atom is 0.257 e. The number of nitrogens with one attached hydrogen (secondary N) is 2. The molecule has 2 aliphatic rings. The summed E-state index contributed by atoms with van der Waals surface area (Å²) in [6, 6.07) is 13.5. The first kappa shape index (κ1) is 21.0. The van der Waals surface area contributed by atoms with Gasteiger partial charge in [-0.05, 0) is 42.2 Å². The zero-order valence-corrected chi connectivity index (χ0v) is 18.5. The lowest BCUT2D eigenvalue weighted by molar-refractivity contribution is -0.116. The van der Waals surface area contributed by atoms with Gasteiger partial charge in [-0.1, -0.05) is 53.7 Å². The number of anilines is 1. The van der Waals surface area contributed by atoms with E-state index in [0.29, 0.717) is 51.3 Å². The van der Waals surface area contributed by atoms with Crippen LogP contribution < -0.4 is 10.9 Å². The lowest BCUT2D eigenvalue weighted by Gasteiger charge is -2.32. The SMILES string of the molecule is O=C1CCCC2=C1[C@@H](c1ccc(F)cc1)c1c(nc(SCc3ccccc3Cl)[nH]c1=O)N2. The van der Waals surface area contributed by atoms with Crippen LogP contribution in [0.2, 0.25) is 5.02 Å². The molecule has 0 unspecified atom stereocenters. The summed E-state index contributed by atoms with van der Waals surface area (Å²) in [7, 11) is 0. The van der Waals surface area contributed by atoms with Crippen LogP contribution in [-0.2, 0) is 10.5 Å². The van der Waals surface area contributed by atoms with Gasteiger partial charge in [0, 0.05) is 34.4 Å². The summed E-state index contributed by atoms with van der Waals surface area (Å²) in [5.74, 6) is 0.0577. The van der Waals surface area contributed by atoms with E-state index in [1.54, 1.807) is 12.1 Å². The number of fused-ring (bicyclic) bond motifs is 1. The van der Waals surface area contributed by atoms with Crippen molar-refractivity contribution < 1.29 is 9.18 Å². The standard InChI is InChI=1S/C24H19ClFN3O2S/c25-16-5-2-1-4-14(16)12-32-24-28-22-21(23(31)29-24)19(13-8-10-15(26)11-9-13)20-17(27-22)6-3-7-18(20)30/h1-2,4-5,8-11,19H,3,6-7,12H2,(H2,27,28,29,31)/t19-/m1/s1. The van der Waals surface area contributed by atoms with Gasteiger partial charge in [-0.3, -0.25) is 9.59 Å². The molecule has 0 amide bonds. The van der Waals surface area contributed by atoms with Crippen molar-refractivity contribution in [3.63, 3.8) is 0 Å². The Morgan fingerprint density at radius 2 is 1.88 bits per heavy atom. The topological polar surface area (TPSA) is 74.8 Å². The Morgan fingerprint density at radius 1 is 1.09 bits per heavy atom. The fourth-order valence-corrected chi connectivity index (χ4v) is 5.41. The van der Waals surface area contributed by atoms with E-state index in [0.717, 1.165) is 17.7 Å². The highest BCUT2D eigenvalue weighted by Crippen LogP contribution is 2.43. The maximum absolute atomic E-state index is 13.6. The minimum absolute atomic E-state index is 0.00953. The highest BCUT2D eigenvalue weighted by atomic mass is 35.5.